The van der Waals surface area contributed by atoms with Crippen LogP contribution in [-0.4, -0.2) is 39.5 Å². The predicted molar refractivity (Wildman–Crippen MR) is 73.6 cm³/mol. The number of aliphatic hydroxyl groups excluding tert-OH is 2. The first-order chi connectivity index (χ1) is 10.2. The summed E-state index contributed by atoms with van der Waals surface area (Å²) in [6.07, 6.45) is -0.104. The second-order valence-corrected chi connectivity index (χ2v) is 5.19. The van der Waals surface area contributed by atoms with Crippen molar-refractivity contribution in [1.29, 1.82) is 0 Å². The highest BCUT2D eigenvalue weighted by molar-refractivity contribution is 5.91. The van der Waals surface area contributed by atoms with Crippen LogP contribution in [0.2, 0.25) is 0 Å². The van der Waals surface area contributed by atoms with Gasteiger partial charge in [-0.15, -0.1) is 0 Å². The second kappa shape index (κ2) is 5.67. The summed E-state index contributed by atoms with van der Waals surface area (Å²) in [5, 5.41) is 26.2. The third-order valence-electron chi connectivity index (χ3n) is 3.88. The van der Waals surface area contributed by atoms with E-state index in [0.29, 0.717) is 6.42 Å². The minimum atomic E-state index is -1.01. The van der Waals surface area contributed by atoms with E-state index in [4.69, 9.17) is 4.52 Å². The van der Waals surface area contributed by atoms with Gasteiger partial charge in [0, 0.05) is 12.0 Å². The molecule has 1 saturated carbocycles. The van der Waals surface area contributed by atoms with Crippen LogP contribution in [0.5, 0.6) is 0 Å². The average molecular weight is 288 g/mol. The highest BCUT2D eigenvalue weighted by Crippen LogP contribution is 2.35. The van der Waals surface area contributed by atoms with Gasteiger partial charge in [-0.2, -0.15) is 0 Å². The Balaban J connectivity index is 1.82. The van der Waals surface area contributed by atoms with Crippen LogP contribution >= 0.6 is 0 Å². The number of rotatable bonds is 3. The van der Waals surface area contributed by atoms with Crippen LogP contribution in [0.4, 0.5) is 0 Å². The number of amides is 1. The molecule has 1 aromatic carbocycles. The Labute approximate surface area is 121 Å². The van der Waals surface area contributed by atoms with Crippen LogP contribution < -0.4 is 5.32 Å². The Kier molecular flexibility index (Phi) is 3.72. The molecule has 0 bridgehead atoms. The number of aromatic nitrogens is 1. The van der Waals surface area contributed by atoms with Crippen LogP contribution in [0.25, 0.3) is 0 Å². The molecule has 6 heteroatoms. The largest absolute Gasteiger partial charge is 0.390 e. The lowest BCUT2D eigenvalue weighted by atomic mass is 9.93. The summed E-state index contributed by atoms with van der Waals surface area (Å²) in [6.45, 7) is 0. The van der Waals surface area contributed by atoms with Crippen molar-refractivity contribution in [3.8, 4) is 0 Å². The molecule has 3 N–H and O–H groups in total. The van der Waals surface area contributed by atoms with Gasteiger partial charge in [-0.25, -0.2) is 0 Å². The zero-order valence-electron chi connectivity index (χ0n) is 11.2. The summed E-state index contributed by atoms with van der Waals surface area (Å²) in [5.41, 5.74) is 0.968. The first kappa shape index (κ1) is 13.8. The molecule has 0 aliphatic heterocycles. The molecular weight excluding hydrogens is 272 g/mol. The summed E-state index contributed by atoms with van der Waals surface area (Å²) >= 11 is 0. The van der Waals surface area contributed by atoms with E-state index < -0.39 is 24.2 Å². The van der Waals surface area contributed by atoms with Crippen molar-refractivity contribution in [1.82, 2.24) is 10.5 Å². The molecule has 1 amide bonds. The van der Waals surface area contributed by atoms with Crippen molar-refractivity contribution in [3.63, 3.8) is 0 Å². The van der Waals surface area contributed by atoms with Gasteiger partial charge in [0.15, 0.2) is 0 Å². The number of hydrogen-bond acceptors (Lipinski definition) is 5. The molecule has 0 spiro atoms. The maximum absolute atomic E-state index is 12.1. The highest BCUT2D eigenvalue weighted by Gasteiger charge is 2.43. The number of nitrogens with one attached hydrogen (secondary N) is 1. The minimum absolute atomic E-state index is 0.0791. The Morgan fingerprint density at radius 2 is 2.00 bits per heavy atom. The van der Waals surface area contributed by atoms with Crippen LogP contribution in [0.15, 0.2) is 47.1 Å². The number of aliphatic hydroxyl groups is 2. The molecule has 1 aliphatic rings. The van der Waals surface area contributed by atoms with E-state index in [-0.39, 0.29) is 11.7 Å². The fraction of sp³-hybridized carbons (Fsp3) is 0.333. The van der Waals surface area contributed by atoms with Gasteiger partial charge in [0.25, 0.3) is 5.91 Å². The molecule has 0 saturated heterocycles. The molecule has 2 aromatic rings. The van der Waals surface area contributed by atoms with Gasteiger partial charge in [-0.1, -0.05) is 35.5 Å². The van der Waals surface area contributed by atoms with Crippen molar-refractivity contribution in [2.45, 2.75) is 30.6 Å². The fourth-order valence-electron chi connectivity index (χ4n) is 2.81. The van der Waals surface area contributed by atoms with Gasteiger partial charge in [-0.3, -0.25) is 4.79 Å². The standard InChI is InChI=1S/C15H16N2O4/c18-11-8-10(9-4-2-1-3-5-9)13(14(11)19)17-15(20)12-6-7-16-21-12/h1-7,10-11,13-14,18-19H,8H2,(H,17,20)/t10-,11-,13-,14-/m1/s1. The quantitative estimate of drug-likeness (QED) is 0.772. The molecule has 1 heterocycles. The SMILES string of the molecule is O=C(N[C@H]1[C@H](O)[C@H](O)C[C@@H]1c1ccccc1)c1ccno1. The van der Waals surface area contributed by atoms with E-state index in [1.54, 1.807) is 0 Å². The molecule has 0 radical (unpaired) electrons. The lowest BCUT2D eigenvalue weighted by molar-refractivity contribution is 0.0290. The summed E-state index contributed by atoms with van der Waals surface area (Å²) in [6, 6.07) is 10.4. The van der Waals surface area contributed by atoms with Gasteiger partial charge >= 0.3 is 0 Å². The molecule has 110 valence electrons. The molecule has 0 unspecified atom stereocenters. The molecule has 1 fully saturated rings. The minimum Gasteiger partial charge on any atom is -0.390 e. The fourth-order valence-corrected chi connectivity index (χ4v) is 2.81. The lowest BCUT2D eigenvalue weighted by Gasteiger charge is -2.23. The van der Waals surface area contributed by atoms with Gasteiger partial charge in [0.2, 0.25) is 5.76 Å². The summed E-state index contributed by atoms with van der Waals surface area (Å²) < 4.78 is 4.80. The van der Waals surface area contributed by atoms with Gasteiger partial charge < -0.3 is 20.1 Å². The Hall–Kier alpha value is -2.18. The van der Waals surface area contributed by atoms with Crippen molar-refractivity contribution >= 4 is 5.91 Å². The molecule has 1 aromatic heterocycles. The maximum atomic E-state index is 12.1. The average Bonchev–Trinajstić information content (AvgIpc) is 3.12. The predicted octanol–water partition coefficient (Wildman–Crippen LogP) is 0.682. The van der Waals surface area contributed by atoms with Gasteiger partial charge in [0.1, 0.15) is 6.10 Å². The van der Waals surface area contributed by atoms with E-state index in [2.05, 4.69) is 10.5 Å². The van der Waals surface area contributed by atoms with E-state index in [9.17, 15) is 15.0 Å². The van der Waals surface area contributed by atoms with E-state index in [1.165, 1.54) is 12.3 Å². The number of benzene rings is 1. The van der Waals surface area contributed by atoms with E-state index in [0.717, 1.165) is 5.56 Å². The molecule has 21 heavy (non-hydrogen) atoms. The van der Waals surface area contributed by atoms with E-state index in [1.807, 2.05) is 30.3 Å². The summed E-state index contributed by atoms with van der Waals surface area (Å²) in [7, 11) is 0. The van der Waals surface area contributed by atoms with Gasteiger partial charge in [0.05, 0.1) is 18.3 Å². The van der Waals surface area contributed by atoms with Crippen LogP contribution in [-0.2, 0) is 0 Å². The first-order valence-electron chi connectivity index (χ1n) is 6.79. The van der Waals surface area contributed by atoms with Crippen molar-refractivity contribution in [2.24, 2.45) is 0 Å². The lowest BCUT2D eigenvalue weighted by Crippen LogP contribution is -2.45. The Morgan fingerprint density at radius 3 is 2.67 bits per heavy atom. The molecule has 6 nitrogen and oxygen atoms in total. The zero-order chi connectivity index (χ0) is 14.8. The number of hydrogen-bond donors (Lipinski definition) is 3. The zero-order valence-corrected chi connectivity index (χ0v) is 11.2. The maximum Gasteiger partial charge on any atom is 0.290 e. The number of carbonyl (C=O) groups excluding carboxylic acids is 1. The highest BCUT2D eigenvalue weighted by atomic mass is 16.5. The first-order valence-corrected chi connectivity index (χ1v) is 6.79. The molecule has 3 rings (SSSR count). The smallest absolute Gasteiger partial charge is 0.290 e. The normalized spacial score (nSPS) is 28.5. The Bertz CT molecular complexity index is 599. The molecular formula is C15H16N2O4. The summed E-state index contributed by atoms with van der Waals surface area (Å²) in [5.74, 6) is -0.523. The van der Waals surface area contributed by atoms with Crippen LogP contribution in [0.3, 0.4) is 0 Å². The molecule has 1 aliphatic carbocycles. The third kappa shape index (κ3) is 2.68. The van der Waals surface area contributed by atoms with Crippen molar-refractivity contribution in [2.75, 3.05) is 0 Å². The third-order valence-corrected chi connectivity index (χ3v) is 3.88. The number of nitrogens with zero attached hydrogens (tertiary/aromatic N) is 1. The second-order valence-electron chi connectivity index (χ2n) is 5.19. The monoisotopic (exact) mass is 288 g/mol. The van der Waals surface area contributed by atoms with Gasteiger partial charge in [-0.05, 0) is 12.0 Å². The van der Waals surface area contributed by atoms with Crippen molar-refractivity contribution < 1.29 is 19.5 Å². The van der Waals surface area contributed by atoms with Crippen molar-refractivity contribution in [3.05, 3.63) is 53.9 Å². The summed E-state index contributed by atoms with van der Waals surface area (Å²) in [4.78, 5) is 12.1. The van der Waals surface area contributed by atoms with Crippen LogP contribution in [0, 0.1) is 0 Å². The topological polar surface area (TPSA) is 95.6 Å². The number of carbonyl (C=O) groups is 1. The van der Waals surface area contributed by atoms with E-state index >= 15 is 0 Å². The molecule has 4 atom stereocenters. The Morgan fingerprint density at radius 1 is 1.24 bits per heavy atom. The van der Waals surface area contributed by atoms with Crippen LogP contribution in [0.1, 0.15) is 28.5 Å².